The molecule has 28 heavy (non-hydrogen) atoms. The van der Waals surface area contributed by atoms with Crippen molar-refractivity contribution in [2.24, 2.45) is 0 Å². The zero-order chi connectivity index (χ0) is 19.8. The summed E-state index contributed by atoms with van der Waals surface area (Å²) in [6.07, 6.45) is 3.48. The van der Waals surface area contributed by atoms with Gasteiger partial charge in [-0.15, -0.1) is 0 Å². The SMILES string of the molecule is CCOC(=O)c1ccc(CNC(=O)CN2CCN(c3ncccn3)CC2)cc1. The topological polar surface area (TPSA) is 87.7 Å². The minimum Gasteiger partial charge on any atom is -0.462 e. The molecule has 1 aliphatic heterocycles. The third-order valence-electron chi connectivity index (χ3n) is 4.53. The molecule has 1 aromatic carbocycles. The molecule has 0 aliphatic carbocycles. The van der Waals surface area contributed by atoms with Crippen molar-refractivity contribution in [1.29, 1.82) is 0 Å². The minimum atomic E-state index is -0.335. The maximum absolute atomic E-state index is 12.2. The van der Waals surface area contributed by atoms with E-state index in [1.54, 1.807) is 37.5 Å². The zero-order valence-electron chi connectivity index (χ0n) is 16.0. The van der Waals surface area contributed by atoms with Gasteiger partial charge in [0.25, 0.3) is 0 Å². The van der Waals surface area contributed by atoms with Crippen molar-refractivity contribution in [2.75, 3.05) is 44.2 Å². The molecule has 2 heterocycles. The van der Waals surface area contributed by atoms with E-state index in [9.17, 15) is 9.59 Å². The summed E-state index contributed by atoms with van der Waals surface area (Å²) < 4.78 is 4.96. The Morgan fingerprint density at radius 3 is 2.39 bits per heavy atom. The van der Waals surface area contributed by atoms with Crippen LogP contribution in [0.25, 0.3) is 0 Å². The Balaban J connectivity index is 1.40. The van der Waals surface area contributed by atoms with Crippen LogP contribution in [0.5, 0.6) is 0 Å². The van der Waals surface area contributed by atoms with Gasteiger partial charge in [-0.3, -0.25) is 9.69 Å². The Hall–Kier alpha value is -3.00. The highest BCUT2D eigenvalue weighted by atomic mass is 16.5. The number of amides is 1. The lowest BCUT2D eigenvalue weighted by Crippen LogP contribution is -2.49. The largest absolute Gasteiger partial charge is 0.462 e. The Morgan fingerprint density at radius 1 is 1.07 bits per heavy atom. The van der Waals surface area contributed by atoms with E-state index in [-0.39, 0.29) is 11.9 Å². The molecule has 1 aliphatic rings. The Morgan fingerprint density at radius 2 is 1.75 bits per heavy atom. The van der Waals surface area contributed by atoms with Gasteiger partial charge in [-0.25, -0.2) is 14.8 Å². The molecular weight excluding hydrogens is 358 g/mol. The number of carbonyl (C=O) groups excluding carboxylic acids is 2. The summed E-state index contributed by atoms with van der Waals surface area (Å²) in [5.41, 5.74) is 1.45. The van der Waals surface area contributed by atoms with Crippen LogP contribution in [0.2, 0.25) is 0 Å². The standard InChI is InChI=1S/C20H25N5O3/c1-2-28-19(27)17-6-4-16(5-7-17)14-23-18(26)15-24-10-12-25(13-11-24)20-21-8-3-9-22-20/h3-9H,2,10-15H2,1H3,(H,23,26). The van der Waals surface area contributed by atoms with Crippen LogP contribution in [0.4, 0.5) is 5.95 Å². The first-order valence-electron chi connectivity index (χ1n) is 9.43. The van der Waals surface area contributed by atoms with Gasteiger partial charge in [-0.1, -0.05) is 12.1 Å². The first kappa shape index (κ1) is 19.8. The number of nitrogens with zero attached hydrogens (tertiary/aromatic N) is 4. The molecule has 1 saturated heterocycles. The molecule has 0 bridgehead atoms. The summed E-state index contributed by atoms with van der Waals surface area (Å²) >= 11 is 0. The van der Waals surface area contributed by atoms with Crippen molar-refractivity contribution in [3.63, 3.8) is 0 Å². The molecule has 0 radical (unpaired) electrons. The van der Waals surface area contributed by atoms with Gasteiger partial charge in [0.05, 0.1) is 18.7 Å². The molecule has 0 spiro atoms. The lowest BCUT2D eigenvalue weighted by molar-refractivity contribution is -0.122. The smallest absolute Gasteiger partial charge is 0.338 e. The highest BCUT2D eigenvalue weighted by molar-refractivity contribution is 5.89. The quantitative estimate of drug-likeness (QED) is 0.716. The van der Waals surface area contributed by atoms with Crippen LogP contribution in [-0.2, 0) is 16.1 Å². The highest BCUT2D eigenvalue weighted by Crippen LogP contribution is 2.09. The number of esters is 1. The number of ether oxygens (including phenoxy) is 1. The van der Waals surface area contributed by atoms with Gasteiger partial charge in [0, 0.05) is 45.1 Å². The summed E-state index contributed by atoms with van der Waals surface area (Å²) in [6, 6.07) is 8.87. The Bertz CT molecular complexity index is 774. The first-order chi connectivity index (χ1) is 13.7. The lowest BCUT2D eigenvalue weighted by Gasteiger charge is -2.34. The maximum Gasteiger partial charge on any atom is 0.338 e. The van der Waals surface area contributed by atoms with E-state index in [2.05, 4.69) is 25.1 Å². The van der Waals surface area contributed by atoms with Crippen LogP contribution in [0, 0.1) is 0 Å². The molecule has 0 saturated carbocycles. The molecule has 3 rings (SSSR count). The third kappa shape index (κ3) is 5.50. The van der Waals surface area contributed by atoms with Gasteiger partial charge in [0.1, 0.15) is 0 Å². The Kier molecular flexibility index (Phi) is 6.91. The van der Waals surface area contributed by atoms with Gasteiger partial charge in [-0.05, 0) is 30.7 Å². The monoisotopic (exact) mass is 383 g/mol. The van der Waals surface area contributed by atoms with Gasteiger partial charge in [0.15, 0.2) is 0 Å². The third-order valence-corrected chi connectivity index (χ3v) is 4.53. The molecule has 148 valence electrons. The molecule has 1 N–H and O–H groups in total. The van der Waals surface area contributed by atoms with Crippen molar-refractivity contribution in [1.82, 2.24) is 20.2 Å². The fourth-order valence-corrected chi connectivity index (χ4v) is 2.99. The predicted molar refractivity (Wildman–Crippen MR) is 105 cm³/mol. The van der Waals surface area contributed by atoms with Crippen LogP contribution in [0.1, 0.15) is 22.8 Å². The second kappa shape index (κ2) is 9.80. The average molecular weight is 383 g/mol. The van der Waals surface area contributed by atoms with Crippen molar-refractivity contribution in [2.45, 2.75) is 13.5 Å². The Labute approximate surface area is 164 Å². The van der Waals surface area contributed by atoms with E-state index in [4.69, 9.17) is 4.74 Å². The van der Waals surface area contributed by atoms with E-state index in [0.717, 1.165) is 37.7 Å². The molecule has 0 unspecified atom stereocenters. The number of nitrogens with one attached hydrogen (secondary N) is 1. The van der Waals surface area contributed by atoms with Crippen LogP contribution in [0.15, 0.2) is 42.7 Å². The highest BCUT2D eigenvalue weighted by Gasteiger charge is 2.20. The number of anilines is 1. The molecule has 1 fully saturated rings. The lowest BCUT2D eigenvalue weighted by atomic mass is 10.1. The molecule has 1 aromatic heterocycles. The predicted octanol–water partition coefficient (Wildman–Crippen LogP) is 1.09. The summed E-state index contributed by atoms with van der Waals surface area (Å²) in [5.74, 6) is 0.384. The second-order valence-electron chi connectivity index (χ2n) is 6.51. The zero-order valence-corrected chi connectivity index (χ0v) is 16.0. The fraction of sp³-hybridized carbons (Fsp3) is 0.400. The number of hydrogen-bond donors (Lipinski definition) is 1. The minimum absolute atomic E-state index is 0.0149. The number of hydrogen-bond acceptors (Lipinski definition) is 7. The van der Waals surface area contributed by atoms with E-state index in [1.807, 2.05) is 12.1 Å². The fourth-order valence-electron chi connectivity index (χ4n) is 2.99. The molecule has 8 heteroatoms. The van der Waals surface area contributed by atoms with E-state index in [0.29, 0.717) is 25.3 Å². The van der Waals surface area contributed by atoms with Crippen molar-refractivity contribution in [3.8, 4) is 0 Å². The normalized spacial score (nSPS) is 14.5. The number of piperazine rings is 1. The van der Waals surface area contributed by atoms with Crippen molar-refractivity contribution >= 4 is 17.8 Å². The summed E-state index contributed by atoms with van der Waals surface area (Å²) in [7, 11) is 0. The number of benzene rings is 1. The van der Waals surface area contributed by atoms with Gasteiger partial charge >= 0.3 is 5.97 Å². The van der Waals surface area contributed by atoms with Gasteiger partial charge in [-0.2, -0.15) is 0 Å². The molecule has 1 amide bonds. The summed E-state index contributed by atoms with van der Waals surface area (Å²) in [5, 5.41) is 2.93. The van der Waals surface area contributed by atoms with Crippen LogP contribution in [0.3, 0.4) is 0 Å². The number of carbonyl (C=O) groups is 2. The maximum atomic E-state index is 12.2. The second-order valence-corrected chi connectivity index (χ2v) is 6.51. The first-order valence-corrected chi connectivity index (χ1v) is 9.43. The number of aromatic nitrogens is 2. The molecule has 2 aromatic rings. The molecule has 8 nitrogen and oxygen atoms in total. The summed E-state index contributed by atoms with van der Waals surface area (Å²) in [4.78, 5) is 36.7. The van der Waals surface area contributed by atoms with Crippen molar-refractivity contribution in [3.05, 3.63) is 53.9 Å². The van der Waals surface area contributed by atoms with E-state index in [1.165, 1.54) is 0 Å². The molecule has 0 atom stereocenters. The number of rotatable bonds is 7. The van der Waals surface area contributed by atoms with Crippen LogP contribution >= 0.6 is 0 Å². The molecular formula is C20H25N5O3. The van der Waals surface area contributed by atoms with E-state index >= 15 is 0 Å². The van der Waals surface area contributed by atoms with Crippen LogP contribution < -0.4 is 10.2 Å². The van der Waals surface area contributed by atoms with E-state index < -0.39 is 0 Å². The van der Waals surface area contributed by atoms with Crippen molar-refractivity contribution < 1.29 is 14.3 Å². The van der Waals surface area contributed by atoms with Gasteiger partial charge in [0.2, 0.25) is 11.9 Å². The van der Waals surface area contributed by atoms with Crippen LogP contribution in [-0.4, -0.2) is 66.1 Å². The average Bonchev–Trinajstić information content (AvgIpc) is 2.74. The van der Waals surface area contributed by atoms with Gasteiger partial charge < -0.3 is 15.0 Å². The summed E-state index contributed by atoms with van der Waals surface area (Å²) in [6.45, 7) is 6.10.